The van der Waals surface area contributed by atoms with Crippen LogP contribution in [0, 0.1) is 0 Å². The van der Waals surface area contributed by atoms with Crippen LogP contribution < -0.4 is 10.9 Å². The molecule has 1 radical (unpaired) electrons. The minimum Gasteiger partial charge on any atom is -0.166 e. The van der Waals surface area contributed by atoms with Crippen LogP contribution in [0.15, 0.2) is 48.5 Å². The fourth-order valence-corrected chi connectivity index (χ4v) is 1.73. The second-order valence-corrected chi connectivity index (χ2v) is 4.38. The average Bonchev–Trinajstić information content (AvgIpc) is 2.38. The second-order valence-electron chi connectivity index (χ2n) is 4.38. The maximum Gasteiger partial charge on any atom is 0.416 e. The molecule has 0 fully saturated rings. The van der Waals surface area contributed by atoms with E-state index < -0.39 is 23.5 Å². The Hall–Kier alpha value is -1.92. The molecule has 0 saturated heterocycles. The van der Waals surface area contributed by atoms with Gasteiger partial charge in [-0.2, -0.15) is 26.3 Å². The third-order valence-corrected chi connectivity index (χ3v) is 2.81. The van der Waals surface area contributed by atoms with Crippen molar-refractivity contribution in [3.8, 4) is 0 Å². The molecule has 0 bridgehead atoms. The number of rotatable bonds is 2. The van der Waals surface area contributed by atoms with Crippen molar-refractivity contribution in [1.29, 1.82) is 0 Å². The first-order chi connectivity index (χ1) is 9.66. The Morgan fingerprint density at radius 2 is 0.810 bits per heavy atom. The first kappa shape index (κ1) is 15.5. The predicted molar refractivity (Wildman–Crippen MR) is 67.9 cm³/mol. The van der Waals surface area contributed by atoms with E-state index in [4.69, 9.17) is 0 Å². The maximum atomic E-state index is 12.4. The van der Waals surface area contributed by atoms with Crippen molar-refractivity contribution in [2.45, 2.75) is 12.4 Å². The van der Waals surface area contributed by atoms with E-state index in [2.05, 4.69) is 0 Å². The molecule has 0 N–H and O–H groups in total. The van der Waals surface area contributed by atoms with Gasteiger partial charge in [0.05, 0.1) is 11.1 Å². The van der Waals surface area contributed by atoms with Crippen molar-refractivity contribution in [2.24, 2.45) is 0 Å². The zero-order valence-electron chi connectivity index (χ0n) is 10.5. The maximum absolute atomic E-state index is 12.4. The summed E-state index contributed by atoms with van der Waals surface area (Å²) in [6.45, 7) is 0. The first-order valence-electron chi connectivity index (χ1n) is 5.85. The second kappa shape index (κ2) is 5.46. The molecular formula is C14H8BF6. The van der Waals surface area contributed by atoms with Crippen molar-refractivity contribution >= 4 is 18.2 Å². The van der Waals surface area contributed by atoms with Gasteiger partial charge in [-0.3, -0.25) is 0 Å². The molecular weight excluding hydrogens is 293 g/mol. The lowest BCUT2D eigenvalue weighted by atomic mass is 9.64. The minimum absolute atomic E-state index is 0.475. The Balaban J connectivity index is 2.12. The van der Waals surface area contributed by atoms with E-state index in [1.807, 2.05) is 0 Å². The van der Waals surface area contributed by atoms with Crippen molar-refractivity contribution in [2.75, 3.05) is 0 Å². The summed E-state index contributed by atoms with van der Waals surface area (Å²) in [5, 5.41) is 0. The van der Waals surface area contributed by atoms with Crippen molar-refractivity contribution in [3.05, 3.63) is 59.7 Å². The van der Waals surface area contributed by atoms with Crippen molar-refractivity contribution in [1.82, 2.24) is 0 Å². The van der Waals surface area contributed by atoms with Gasteiger partial charge >= 0.3 is 12.4 Å². The van der Waals surface area contributed by atoms with Gasteiger partial charge in [0.1, 0.15) is 0 Å². The monoisotopic (exact) mass is 301 g/mol. The van der Waals surface area contributed by atoms with Gasteiger partial charge in [-0.15, -0.1) is 0 Å². The van der Waals surface area contributed by atoms with Crippen LogP contribution in [0.4, 0.5) is 26.3 Å². The van der Waals surface area contributed by atoms with Crippen LogP contribution in [0.1, 0.15) is 11.1 Å². The molecule has 0 aliphatic carbocycles. The van der Waals surface area contributed by atoms with Crippen molar-refractivity contribution < 1.29 is 26.3 Å². The predicted octanol–water partition coefficient (Wildman–Crippen LogP) is 3.38. The molecule has 0 saturated carbocycles. The molecule has 0 heterocycles. The number of hydrogen-bond donors (Lipinski definition) is 0. The van der Waals surface area contributed by atoms with Crippen LogP contribution in [-0.2, 0) is 12.4 Å². The molecule has 0 atom stereocenters. The molecule has 0 nitrogen and oxygen atoms in total. The van der Waals surface area contributed by atoms with Gasteiger partial charge in [0, 0.05) is 0 Å². The van der Waals surface area contributed by atoms with Crippen molar-refractivity contribution in [3.63, 3.8) is 0 Å². The molecule has 2 aromatic rings. The van der Waals surface area contributed by atoms with E-state index in [1.165, 1.54) is 31.5 Å². The quantitative estimate of drug-likeness (QED) is 0.589. The molecule has 21 heavy (non-hydrogen) atoms. The number of halogens is 6. The third kappa shape index (κ3) is 4.03. The highest BCUT2D eigenvalue weighted by atomic mass is 19.4. The normalized spacial score (nSPS) is 12.3. The summed E-state index contributed by atoms with van der Waals surface area (Å²) in [5.74, 6) is 0. The van der Waals surface area contributed by atoms with E-state index in [-0.39, 0.29) is 0 Å². The van der Waals surface area contributed by atoms with Gasteiger partial charge in [0.2, 0.25) is 0 Å². The Morgan fingerprint density at radius 1 is 0.524 bits per heavy atom. The highest BCUT2D eigenvalue weighted by molar-refractivity contribution is 6.67. The fourth-order valence-electron chi connectivity index (χ4n) is 1.73. The van der Waals surface area contributed by atoms with Crippen LogP contribution in [0.25, 0.3) is 0 Å². The van der Waals surface area contributed by atoms with E-state index in [0.29, 0.717) is 10.9 Å². The third-order valence-electron chi connectivity index (χ3n) is 2.81. The molecule has 0 aromatic heterocycles. The summed E-state index contributed by atoms with van der Waals surface area (Å²) >= 11 is 0. The molecule has 0 spiro atoms. The molecule has 2 rings (SSSR count). The Labute approximate surface area is 117 Å². The molecule has 7 heteroatoms. The smallest absolute Gasteiger partial charge is 0.166 e. The van der Waals surface area contributed by atoms with E-state index >= 15 is 0 Å². The lowest BCUT2D eigenvalue weighted by Crippen LogP contribution is -2.27. The number of alkyl halides is 6. The lowest BCUT2D eigenvalue weighted by Gasteiger charge is -2.08. The van der Waals surface area contributed by atoms with Gasteiger partial charge in [-0.25, -0.2) is 0 Å². The van der Waals surface area contributed by atoms with Gasteiger partial charge in [0.15, 0.2) is 7.28 Å². The summed E-state index contributed by atoms with van der Waals surface area (Å²) < 4.78 is 74.3. The Morgan fingerprint density at radius 3 is 1.05 bits per heavy atom. The SMILES string of the molecule is FC(F)(F)c1ccc([B]c2ccc(C(F)(F)F)cc2)cc1. The summed E-state index contributed by atoms with van der Waals surface area (Å²) in [5.41, 5.74) is -0.593. The summed E-state index contributed by atoms with van der Waals surface area (Å²) in [4.78, 5) is 0. The summed E-state index contributed by atoms with van der Waals surface area (Å²) in [6.07, 6.45) is -8.82. The molecule has 2 aromatic carbocycles. The molecule has 0 aliphatic rings. The van der Waals surface area contributed by atoms with E-state index in [9.17, 15) is 26.3 Å². The van der Waals surface area contributed by atoms with E-state index in [0.717, 1.165) is 24.3 Å². The molecule has 0 amide bonds. The standard InChI is InChI=1S/C14H8BF6/c16-13(17,18)9-1-5-11(6-2-9)15-12-7-3-10(4-8-12)14(19,20)21/h1-8H. The van der Waals surface area contributed by atoms with Gasteiger partial charge in [-0.05, 0) is 0 Å². The molecule has 0 aliphatic heterocycles. The van der Waals surface area contributed by atoms with Crippen LogP contribution >= 0.6 is 0 Å². The highest BCUT2D eigenvalue weighted by Gasteiger charge is 2.30. The first-order valence-corrected chi connectivity index (χ1v) is 5.85. The summed E-state index contributed by atoms with van der Waals surface area (Å²) in [6, 6.07) is 8.76. The van der Waals surface area contributed by atoms with Gasteiger partial charge in [0.25, 0.3) is 0 Å². The van der Waals surface area contributed by atoms with Gasteiger partial charge in [-0.1, -0.05) is 59.5 Å². The zero-order chi connectivity index (χ0) is 15.7. The minimum atomic E-state index is -4.41. The van der Waals surface area contributed by atoms with E-state index in [1.54, 1.807) is 0 Å². The fraction of sp³-hybridized carbons (Fsp3) is 0.143. The van der Waals surface area contributed by atoms with Crippen LogP contribution in [0.2, 0.25) is 0 Å². The Bertz CT molecular complexity index is 540. The average molecular weight is 301 g/mol. The lowest BCUT2D eigenvalue weighted by molar-refractivity contribution is -0.138. The van der Waals surface area contributed by atoms with Crippen LogP contribution in [0.3, 0.4) is 0 Å². The Kier molecular flexibility index (Phi) is 4.03. The number of benzene rings is 2. The summed E-state index contributed by atoms with van der Waals surface area (Å²) in [7, 11) is 1.50. The topological polar surface area (TPSA) is 0 Å². The zero-order valence-corrected chi connectivity index (χ0v) is 10.5. The molecule has 0 unspecified atom stereocenters. The molecule has 109 valence electrons. The van der Waals surface area contributed by atoms with Gasteiger partial charge < -0.3 is 0 Å². The number of hydrogen-bond acceptors (Lipinski definition) is 0. The largest absolute Gasteiger partial charge is 0.416 e. The van der Waals surface area contributed by atoms with Crippen LogP contribution in [0.5, 0.6) is 0 Å². The highest BCUT2D eigenvalue weighted by Crippen LogP contribution is 2.29. The van der Waals surface area contributed by atoms with Crippen LogP contribution in [-0.4, -0.2) is 7.28 Å².